The van der Waals surface area contributed by atoms with Crippen LogP contribution >= 0.6 is 0 Å². The first-order valence-electron chi connectivity index (χ1n) is 7.20. The van der Waals surface area contributed by atoms with Crippen molar-refractivity contribution < 1.29 is 14.2 Å². The normalized spacial score (nSPS) is 17.5. The highest BCUT2D eigenvalue weighted by molar-refractivity contribution is 5.34. The van der Waals surface area contributed by atoms with Crippen LogP contribution in [-0.4, -0.2) is 68.0 Å². The van der Waals surface area contributed by atoms with E-state index in [-0.39, 0.29) is 0 Å². The van der Waals surface area contributed by atoms with Crippen LogP contribution in [0.5, 0.6) is 11.8 Å². The zero-order chi connectivity index (χ0) is 15.1. The molecule has 0 radical (unpaired) electrons. The molecule has 0 aromatic carbocycles. The largest absolute Gasteiger partial charge is 0.481 e. The lowest BCUT2D eigenvalue weighted by Crippen LogP contribution is -2.44. The summed E-state index contributed by atoms with van der Waals surface area (Å²) < 4.78 is 15.9. The Bertz CT molecular complexity index is 416. The monoisotopic (exact) mass is 296 g/mol. The second-order valence-corrected chi connectivity index (χ2v) is 5.07. The Kier molecular flexibility index (Phi) is 6.16. The molecular formula is C14H24N4O3. The fraction of sp³-hybridized carbons (Fsp3) is 0.714. The average Bonchev–Trinajstić information content (AvgIpc) is 2.53. The van der Waals surface area contributed by atoms with E-state index in [2.05, 4.69) is 27.1 Å². The van der Waals surface area contributed by atoms with E-state index in [1.807, 2.05) is 0 Å². The maximum Gasteiger partial charge on any atom is 0.224 e. The molecule has 21 heavy (non-hydrogen) atoms. The minimum Gasteiger partial charge on any atom is -0.481 e. The number of ether oxygens (including phenoxy) is 3. The van der Waals surface area contributed by atoms with Crippen molar-refractivity contribution in [2.75, 3.05) is 47.1 Å². The van der Waals surface area contributed by atoms with Crippen LogP contribution in [0.2, 0.25) is 0 Å². The van der Waals surface area contributed by atoms with Gasteiger partial charge in [-0.3, -0.25) is 4.90 Å². The van der Waals surface area contributed by atoms with Gasteiger partial charge in [0.05, 0.1) is 33.0 Å². The Labute approximate surface area is 125 Å². The molecule has 1 aliphatic heterocycles. The fourth-order valence-electron chi connectivity index (χ4n) is 2.40. The summed E-state index contributed by atoms with van der Waals surface area (Å²) in [5, 5.41) is 3.47. The van der Waals surface area contributed by atoms with Crippen molar-refractivity contribution in [3.63, 3.8) is 0 Å². The van der Waals surface area contributed by atoms with E-state index in [1.54, 1.807) is 14.2 Å². The predicted octanol–water partition coefficient (Wildman–Crippen LogP) is 0.304. The summed E-state index contributed by atoms with van der Waals surface area (Å²) in [5.74, 6) is 1.10. The molecule has 0 spiro atoms. The summed E-state index contributed by atoms with van der Waals surface area (Å²) in [6.45, 7) is 7.39. The first-order valence-corrected chi connectivity index (χ1v) is 7.20. The van der Waals surface area contributed by atoms with Gasteiger partial charge in [-0.1, -0.05) is 0 Å². The van der Waals surface area contributed by atoms with E-state index < -0.39 is 0 Å². The van der Waals surface area contributed by atoms with Gasteiger partial charge in [0, 0.05) is 32.2 Å². The molecule has 0 bridgehead atoms. The van der Waals surface area contributed by atoms with Crippen molar-refractivity contribution in [2.24, 2.45) is 0 Å². The van der Waals surface area contributed by atoms with E-state index in [1.165, 1.54) is 6.33 Å². The molecular weight excluding hydrogens is 272 g/mol. The van der Waals surface area contributed by atoms with Crippen molar-refractivity contribution in [3.05, 3.63) is 11.9 Å². The zero-order valence-electron chi connectivity index (χ0n) is 13.0. The molecule has 1 saturated heterocycles. The Balaban J connectivity index is 1.89. The molecule has 7 nitrogen and oxygen atoms in total. The highest BCUT2D eigenvalue weighted by atomic mass is 16.5. The summed E-state index contributed by atoms with van der Waals surface area (Å²) in [6, 6.07) is 0.345. The Morgan fingerprint density at radius 1 is 1.24 bits per heavy atom. The van der Waals surface area contributed by atoms with Gasteiger partial charge in [0.2, 0.25) is 11.8 Å². The number of aromatic nitrogens is 2. The third kappa shape index (κ3) is 4.52. The molecule has 118 valence electrons. The summed E-state index contributed by atoms with van der Waals surface area (Å²) in [7, 11) is 3.20. The molecule has 2 heterocycles. The van der Waals surface area contributed by atoms with Crippen molar-refractivity contribution in [2.45, 2.75) is 19.5 Å². The quantitative estimate of drug-likeness (QED) is 0.776. The lowest BCUT2D eigenvalue weighted by atomic mass is 10.2. The molecule has 1 aliphatic rings. The number of hydrogen-bond acceptors (Lipinski definition) is 7. The van der Waals surface area contributed by atoms with E-state index in [9.17, 15) is 0 Å². The Morgan fingerprint density at radius 3 is 2.43 bits per heavy atom. The maximum atomic E-state index is 5.36. The summed E-state index contributed by atoms with van der Waals surface area (Å²) in [4.78, 5) is 10.6. The second kappa shape index (κ2) is 8.11. The molecule has 7 heteroatoms. The second-order valence-electron chi connectivity index (χ2n) is 5.07. The highest BCUT2D eigenvalue weighted by Crippen LogP contribution is 2.23. The van der Waals surface area contributed by atoms with Crippen molar-refractivity contribution in [3.8, 4) is 11.8 Å². The van der Waals surface area contributed by atoms with Crippen LogP contribution in [-0.2, 0) is 11.3 Å². The highest BCUT2D eigenvalue weighted by Gasteiger charge is 2.16. The van der Waals surface area contributed by atoms with Gasteiger partial charge in [0.25, 0.3) is 0 Å². The molecule has 2 rings (SSSR count). The van der Waals surface area contributed by atoms with Crippen LogP contribution in [0.1, 0.15) is 12.5 Å². The van der Waals surface area contributed by atoms with Gasteiger partial charge in [0.1, 0.15) is 6.33 Å². The van der Waals surface area contributed by atoms with Gasteiger partial charge < -0.3 is 19.5 Å². The third-order valence-corrected chi connectivity index (χ3v) is 3.52. The summed E-state index contributed by atoms with van der Waals surface area (Å²) >= 11 is 0. The molecule has 1 atom stereocenters. The first kappa shape index (κ1) is 15.9. The van der Waals surface area contributed by atoms with Gasteiger partial charge in [-0.25, -0.2) is 9.97 Å². The minimum absolute atomic E-state index is 0.345. The summed E-state index contributed by atoms with van der Waals surface area (Å²) in [6.07, 6.45) is 1.44. The number of rotatable bonds is 7. The SMILES string of the molecule is COc1ncnc(OC)c1CNC(C)CN1CCOCC1. The number of morpholine rings is 1. The van der Waals surface area contributed by atoms with Crippen LogP contribution in [0.4, 0.5) is 0 Å². The van der Waals surface area contributed by atoms with E-state index in [4.69, 9.17) is 14.2 Å². The van der Waals surface area contributed by atoms with E-state index in [0.717, 1.165) is 38.4 Å². The molecule has 1 N–H and O–H groups in total. The smallest absolute Gasteiger partial charge is 0.224 e. The Hall–Kier alpha value is -1.44. The molecule has 0 aliphatic carbocycles. The van der Waals surface area contributed by atoms with Gasteiger partial charge in [0.15, 0.2) is 0 Å². The number of hydrogen-bond donors (Lipinski definition) is 1. The third-order valence-electron chi connectivity index (χ3n) is 3.52. The molecule has 1 aromatic heterocycles. The van der Waals surface area contributed by atoms with Gasteiger partial charge in [-0.05, 0) is 6.92 Å². The van der Waals surface area contributed by atoms with Gasteiger partial charge in [-0.15, -0.1) is 0 Å². The lowest BCUT2D eigenvalue weighted by Gasteiger charge is -2.29. The number of methoxy groups -OCH3 is 2. The van der Waals surface area contributed by atoms with Crippen LogP contribution in [0.15, 0.2) is 6.33 Å². The molecule has 1 fully saturated rings. The topological polar surface area (TPSA) is 68.7 Å². The average molecular weight is 296 g/mol. The number of nitrogens with zero attached hydrogens (tertiary/aromatic N) is 3. The summed E-state index contributed by atoms with van der Waals surface area (Å²) in [5.41, 5.74) is 0.844. The van der Waals surface area contributed by atoms with Crippen molar-refractivity contribution in [1.82, 2.24) is 20.2 Å². The van der Waals surface area contributed by atoms with E-state index >= 15 is 0 Å². The van der Waals surface area contributed by atoms with Crippen molar-refractivity contribution >= 4 is 0 Å². The predicted molar refractivity (Wildman–Crippen MR) is 78.7 cm³/mol. The van der Waals surface area contributed by atoms with Gasteiger partial charge in [-0.2, -0.15) is 0 Å². The van der Waals surface area contributed by atoms with Crippen LogP contribution < -0.4 is 14.8 Å². The van der Waals surface area contributed by atoms with Crippen LogP contribution in [0.25, 0.3) is 0 Å². The minimum atomic E-state index is 0.345. The van der Waals surface area contributed by atoms with E-state index in [0.29, 0.717) is 24.3 Å². The number of nitrogens with one attached hydrogen (secondary N) is 1. The van der Waals surface area contributed by atoms with Crippen LogP contribution in [0, 0.1) is 0 Å². The fourth-order valence-corrected chi connectivity index (χ4v) is 2.40. The zero-order valence-corrected chi connectivity index (χ0v) is 13.0. The Morgan fingerprint density at radius 2 is 1.86 bits per heavy atom. The van der Waals surface area contributed by atoms with Crippen LogP contribution in [0.3, 0.4) is 0 Å². The molecule has 0 saturated carbocycles. The van der Waals surface area contributed by atoms with Gasteiger partial charge >= 0.3 is 0 Å². The maximum absolute atomic E-state index is 5.36. The van der Waals surface area contributed by atoms with Crippen molar-refractivity contribution in [1.29, 1.82) is 0 Å². The molecule has 1 aromatic rings. The molecule has 0 amide bonds. The molecule has 1 unspecified atom stereocenters. The standard InChI is InChI=1S/C14H24N4O3/c1-11(9-18-4-6-21-7-5-18)15-8-12-13(19-2)16-10-17-14(12)20-3/h10-11,15H,4-9H2,1-3H3. The lowest BCUT2D eigenvalue weighted by molar-refractivity contribution is 0.0343. The first-order chi connectivity index (χ1) is 10.2.